The van der Waals surface area contributed by atoms with E-state index >= 15 is 0 Å². The number of benzene rings is 2. The quantitative estimate of drug-likeness (QED) is 0.631. The van der Waals surface area contributed by atoms with Gasteiger partial charge in [0.05, 0.1) is 12.3 Å². The maximum absolute atomic E-state index is 13.5. The number of nitrogens with zero attached hydrogens (tertiary/aromatic N) is 3. The van der Waals surface area contributed by atoms with Gasteiger partial charge in [-0.15, -0.1) is 0 Å². The first-order valence-corrected chi connectivity index (χ1v) is 10.7. The number of anilines is 2. The summed E-state index contributed by atoms with van der Waals surface area (Å²) in [5.41, 5.74) is 1.68. The van der Waals surface area contributed by atoms with E-state index in [9.17, 15) is 4.79 Å². The lowest BCUT2D eigenvalue weighted by molar-refractivity contribution is -0.121. The molecule has 0 bridgehead atoms. The number of pyridine rings is 1. The lowest BCUT2D eigenvalue weighted by Gasteiger charge is -2.39. The van der Waals surface area contributed by atoms with E-state index in [1.807, 2.05) is 85.9 Å². The number of hydrogen-bond donors (Lipinski definition) is 1. The molecule has 2 aromatic carbocycles. The number of para-hydroxylation sites is 2. The minimum atomic E-state index is -0.373. The van der Waals surface area contributed by atoms with Gasteiger partial charge in [-0.2, -0.15) is 0 Å². The molecule has 160 valence electrons. The molecule has 0 spiro atoms. The van der Waals surface area contributed by atoms with Crippen LogP contribution in [0.5, 0.6) is 5.75 Å². The molecule has 1 amide bonds. The van der Waals surface area contributed by atoms with E-state index in [2.05, 4.69) is 20.1 Å². The van der Waals surface area contributed by atoms with Crippen molar-refractivity contribution in [3.05, 3.63) is 84.6 Å². The number of aromatic nitrogens is 1. The molecule has 6 nitrogen and oxygen atoms in total. The van der Waals surface area contributed by atoms with Gasteiger partial charge in [-0.1, -0.05) is 48.5 Å². The maximum atomic E-state index is 13.5. The molecular formula is C25H28N4O2. The minimum absolute atomic E-state index is 0.0513. The summed E-state index contributed by atoms with van der Waals surface area (Å²) in [4.78, 5) is 22.5. The largest absolute Gasteiger partial charge is 0.492 e. The Kier molecular flexibility index (Phi) is 6.79. The van der Waals surface area contributed by atoms with Crippen LogP contribution in [-0.4, -0.2) is 48.6 Å². The molecule has 2 heterocycles. The van der Waals surface area contributed by atoms with Gasteiger partial charge in [0.1, 0.15) is 17.6 Å². The molecule has 1 N–H and O–H groups in total. The van der Waals surface area contributed by atoms with Crippen molar-refractivity contribution < 1.29 is 9.53 Å². The van der Waals surface area contributed by atoms with Crippen LogP contribution < -0.4 is 15.0 Å². The average Bonchev–Trinajstić information content (AvgIpc) is 2.82. The summed E-state index contributed by atoms with van der Waals surface area (Å²) in [6.45, 7) is 5.68. The summed E-state index contributed by atoms with van der Waals surface area (Å²) in [5, 5.41) is 3.10. The molecule has 0 radical (unpaired) electrons. The van der Waals surface area contributed by atoms with Crippen LogP contribution in [0.15, 0.2) is 79.0 Å². The zero-order valence-corrected chi connectivity index (χ0v) is 17.8. The maximum Gasteiger partial charge on any atom is 0.246 e. The van der Waals surface area contributed by atoms with E-state index in [4.69, 9.17) is 4.74 Å². The number of amides is 1. The third kappa shape index (κ3) is 5.03. The second-order valence-corrected chi connectivity index (χ2v) is 7.44. The summed E-state index contributed by atoms with van der Waals surface area (Å²) in [6, 6.07) is 23.1. The molecular weight excluding hydrogens is 388 g/mol. The number of hydrogen-bond acceptors (Lipinski definition) is 5. The molecule has 6 heteroatoms. The van der Waals surface area contributed by atoms with Gasteiger partial charge in [-0.25, -0.2) is 4.98 Å². The van der Waals surface area contributed by atoms with Crippen molar-refractivity contribution in [3.63, 3.8) is 0 Å². The van der Waals surface area contributed by atoms with Crippen LogP contribution in [-0.2, 0) is 4.79 Å². The lowest BCUT2D eigenvalue weighted by Crippen LogP contribution is -2.50. The summed E-state index contributed by atoms with van der Waals surface area (Å²) in [7, 11) is 0. The van der Waals surface area contributed by atoms with Crippen LogP contribution in [0.25, 0.3) is 0 Å². The van der Waals surface area contributed by atoms with Crippen LogP contribution in [0.1, 0.15) is 18.5 Å². The molecule has 31 heavy (non-hydrogen) atoms. The second kappa shape index (κ2) is 10.1. The first-order valence-electron chi connectivity index (χ1n) is 10.7. The summed E-state index contributed by atoms with van der Waals surface area (Å²) in [6.07, 6.45) is 1.82. The van der Waals surface area contributed by atoms with E-state index < -0.39 is 0 Å². The van der Waals surface area contributed by atoms with Crippen molar-refractivity contribution >= 4 is 17.4 Å². The van der Waals surface area contributed by atoms with Gasteiger partial charge < -0.3 is 15.0 Å². The lowest BCUT2D eigenvalue weighted by atomic mass is 10.0. The zero-order chi connectivity index (χ0) is 21.5. The van der Waals surface area contributed by atoms with Crippen LogP contribution in [0.3, 0.4) is 0 Å². The Morgan fingerprint density at radius 3 is 2.39 bits per heavy atom. The molecule has 1 aromatic heterocycles. The van der Waals surface area contributed by atoms with Crippen molar-refractivity contribution in [2.24, 2.45) is 0 Å². The number of nitrogens with one attached hydrogen (secondary N) is 1. The molecule has 1 atom stereocenters. The molecule has 1 aliphatic heterocycles. The Labute approximate surface area is 183 Å². The zero-order valence-electron chi connectivity index (χ0n) is 17.8. The third-order valence-electron chi connectivity index (χ3n) is 5.46. The third-order valence-corrected chi connectivity index (χ3v) is 5.46. The molecule has 1 fully saturated rings. The second-order valence-electron chi connectivity index (χ2n) is 7.44. The number of piperazine rings is 1. The van der Waals surface area contributed by atoms with Crippen LogP contribution in [0, 0.1) is 0 Å². The summed E-state index contributed by atoms with van der Waals surface area (Å²) < 4.78 is 5.69. The van der Waals surface area contributed by atoms with Crippen molar-refractivity contribution in [2.75, 3.05) is 43.0 Å². The van der Waals surface area contributed by atoms with E-state index in [1.165, 1.54) is 0 Å². The Bertz CT molecular complexity index is 973. The monoisotopic (exact) mass is 416 g/mol. The van der Waals surface area contributed by atoms with Crippen LogP contribution >= 0.6 is 0 Å². The van der Waals surface area contributed by atoms with Gasteiger partial charge in [0.25, 0.3) is 0 Å². The van der Waals surface area contributed by atoms with E-state index in [0.29, 0.717) is 18.0 Å². The Morgan fingerprint density at radius 1 is 0.968 bits per heavy atom. The average molecular weight is 417 g/mol. The van der Waals surface area contributed by atoms with Crippen molar-refractivity contribution in [1.82, 2.24) is 9.88 Å². The topological polar surface area (TPSA) is 57.7 Å². The highest BCUT2D eigenvalue weighted by Gasteiger charge is 2.31. The molecule has 0 unspecified atom stereocenters. The van der Waals surface area contributed by atoms with Gasteiger partial charge in [0.2, 0.25) is 5.91 Å². The first-order chi connectivity index (χ1) is 15.3. The fraction of sp³-hybridized carbons (Fsp3) is 0.280. The number of carbonyl (C=O) groups excluding carboxylic acids is 1. The van der Waals surface area contributed by atoms with Crippen LogP contribution in [0.4, 0.5) is 11.5 Å². The Morgan fingerprint density at radius 2 is 1.68 bits per heavy atom. The van der Waals surface area contributed by atoms with E-state index in [0.717, 1.165) is 37.6 Å². The minimum Gasteiger partial charge on any atom is -0.492 e. The van der Waals surface area contributed by atoms with E-state index in [-0.39, 0.29) is 11.9 Å². The molecule has 0 aliphatic carbocycles. The van der Waals surface area contributed by atoms with Gasteiger partial charge in [-0.3, -0.25) is 9.69 Å². The normalized spacial score (nSPS) is 15.3. The highest BCUT2D eigenvalue weighted by atomic mass is 16.5. The van der Waals surface area contributed by atoms with Crippen LogP contribution in [0.2, 0.25) is 0 Å². The smallest absolute Gasteiger partial charge is 0.246 e. The summed E-state index contributed by atoms with van der Waals surface area (Å²) >= 11 is 0. The SMILES string of the molecule is CCOc1ccccc1NC(=O)[C@H](c1ccccc1)N1CCN(c2ccccn2)CC1. The van der Waals surface area contributed by atoms with Crippen molar-refractivity contribution in [3.8, 4) is 5.75 Å². The Hall–Kier alpha value is -3.38. The van der Waals surface area contributed by atoms with Crippen molar-refractivity contribution in [2.45, 2.75) is 13.0 Å². The van der Waals surface area contributed by atoms with Gasteiger partial charge >= 0.3 is 0 Å². The first kappa shape index (κ1) is 20.9. The highest BCUT2D eigenvalue weighted by molar-refractivity contribution is 5.96. The molecule has 1 aliphatic rings. The molecule has 3 aromatic rings. The number of ether oxygens (including phenoxy) is 1. The predicted molar refractivity (Wildman–Crippen MR) is 123 cm³/mol. The van der Waals surface area contributed by atoms with Gasteiger partial charge in [-0.05, 0) is 36.8 Å². The highest BCUT2D eigenvalue weighted by Crippen LogP contribution is 2.28. The number of rotatable bonds is 7. The molecule has 0 saturated carbocycles. The standard InChI is InChI=1S/C25H28N4O2/c1-2-31-22-13-7-6-12-21(22)27-25(30)24(20-10-4-3-5-11-20)29-18-16-28(17-19-29)23-14-8-9-15-26-23/h3-15,24H,2,16-19H2,1H3,(H,27,30)/t24-/m0/s1. The number of carbonyl (C=O) groups is 1. The predicted octanol–water partition coefficient (Wildman–Crippen LogP) is 3.98. The van der Waals surface area contributed by atoms with Crippen molar-refractivity contribution in [1.29, 1.82) is 0 Å². The van der Waals surface area contributed by atoms with Gasteiger partial charge in [0.15, 0.2) is 0 Å². The van der Waals surface area contributed by atoms with E-state index in [1.54, 1.807) is 0 Å². The summed E-state index contributed by atoms with van der Waals surface area (Å²) in [5.74, 6) is 1.61. The Balaban J connectivity index is 1.53. The fourth-order valence-corrected chi connectivity index (χ4v) is 3.97. The van der Waals surface area contributed by atoms with Gasteiger partial charge in [0, 0.05) is 32.4 Å². The molecule has 1 saturated heterocycles. The fourth-order valence-electron chi connectivity index (χ4n) is 3.97. The molecule has 4 rings (SSSR count).